The first-order valence-corrected chi connectivity index (χ1v) is 12.0. The molecule has 1 atom stereocenters. The van der Waals surface area contributed by atoms with Crippen LogP contribution in [0.2, 0.25) is 10.0 Å². The number of aliphatic imine (C=N–C) groups is 1. The molecule has 0 bridgehead atoms. The van der Waals surface area contributed by atoms with Gasteiger partial charge in [0.2, 0.25) is 0 Å². The van der Waals surface area contributed by atoms with Crippen LogP contribution in [0.3, 0.4) is 0 Å². The number of unbranched alkanes of at least 4 members (excludes halogenated alkanes) is 2. The highest BCUT2D eigenvalue weighted by molar-refractivity contribution is 6.36. The fraction of sp³-hybridized carbons (Fsp3) is 0.333. The molecule has 3 aromatic rings. The molecule has 166 valence electrons. The third-order valence-corrected chi connectivity index (χ3v) is 6.82. The Balaban J connectivity index is 1.45. The largest absolute Gasteiger partial charge is 0.496 e. The minimum Gasteiger partial charge on any atom is -0.496 e. The number of aryl methyl sites for hydroxylation is 1. The van der Waals surface area contributed by atoms with Crippen molar-refractivity contribution in [1.29, 1.82) is 0 Å². The number of fused-ring (bicyclic) bond motifs is 1. The maximum atomic E-state index is 6.39. The molecule has 0 N–H and O–H groups in total. The number of rotatable bonds is 9. The van der Waals surface area contributed by atoms with E-state index in [4.69, 9.17) is 32.9 Å². The molecule has 1 aliphatic rings. The van der Waals surface area contributed by atoms with Crippen molar-refractivity contribution in [1.82, 2.24) is 4.98 Å². The monoisotopic (exact) mass is 466 g/mol. The predicted molar refractivity (Wildman–Crippen MR) is 134 cm³/mol. The van der Waals surface area contributed by atoms with Crippen LogP contribution >= 0.6 is 23.2 Å². The van der Waals surface area contributed by atoms with E-state index in [1.165, 1.54) is 30.4 Å². The van der Waals surface area contributed by atoms with Crippen LogP contribution in [-0.4, -0.2) is 24.4 Å². The average Bonchev–Trinajstić information content (AvgIpc) is 2.82. The number of benzene rings is 2. The second-order valence-electron chi connectivity index (χ2n) is 8.25. The zero-order valence-corrected chi connectivity index (χ0v) is 19.9. The number of hydrogen-bond donors (Lipinski definition) is 0. The zero-order valence-electron chi connectivity index (χ0n) is 18.4. The Morgan fingerprint density at radius 2 is 1.72 bits per heavy atom. The summed E-state index contributed by atoms with van der Waals surface area (Å²) in [6, 6.07) is 17.0. The van der Waals surface area contributed by atoms with Gasteiger partial charge in [0.05, 0.1) is 22.9 Å². The molecular weight excluding hydrogens is 439 g/mol. The summed E-state index contributed by atoms with van der Waals surface area (Å²) in [6.45, 7) is 0.786. The Morgan fingerprint density at radius 1 is 0.938 bits per heavy atom. The highest BCUT2D eigenvalue weighted by Gasteiger charge is 2.26. The van der Waals surface area contributed by atoms with Gasteiger partial charge >= 0.3 is 0 Å². The number of pyridine rings is 1. The van der Waals surface area contributed by atoms with Gasteiger partial charge in [0.15, 0.2) is 0 Å². The molecule has 0 saturated carbocycles. The third kappa shape index (κ3) is 5.33. The highest BCUT2D eigenvalue weighted by Crippen LogP contribution is 2.37. The van der Waals surface area contributed by atoms with Crippen LogP contribution in [0.4, 0.5) is 0 Å². The summed E-state index contributed by atoms with van der Waals surface area (Å²) in [5, 5.41) is 1.13. The van der Waals surface area contributed by atoms with E-state index in [0.717, 1.165) is 42.0 Å². The Labute approximate surface area is 200 Å². The van der Waals surface area contributed by atoms with Crippen molar-refractivity contribution in [3.8, 4) is 5.75 Å². The predicted octanol–water partition coefficient (Wildman–Crippen LogP) is 7.33. The molecule has 0 radical (unpaired) electrons. The number of aromatic nitrogens is 1. The number of methoxy groups -OCH3 is 1. The molecular formula is C27H28Cl2N2O. The Hall–Kier alpha value is -2.36. The Morgan fingerprint density at radius 3 is 2.47 bits per heavy atom. The van der Waals surface area contributed by atoms with Crippen molar-refractivity contribution in [2.75, 3.05) is 13.7 Å². The summed E-state index contributed by atoms with van der Waals surface area (Å²) in [6.07, 6.45) is 9.74. The van der Waals surface area contributed by atoms with E-state index in [-0.39, 0.29) is 0 Å². The van der Waals surface area contributed by atoms with Gasteiger partial charge in [-0.2, -0.15) is 0 Å². The van der Waals surface area contributed by atoms with Gasteiger partial charge in [0.1, 0.15) is 5.75 Å². The van der Waals surface area contributed by atoms with Crippen molar-refractivity contribution in [3.05, 3.63) is 93.2 Å². The summed E-state index contributed by atoms with van der Waals surface area (Å²) < 4.78 is 5.72. The number of nitrogens with zero attached hydrogens (tertiary/aromatic N) is 2. The Kier molecular flexibility index (Phi) is 7.83. The molecule has 0 spiro atoms. The van der Waals surface area contributed by atoms with Crippen molar-refractivity contribution in [3.63, 3.8) is 0 Å². The molecule has 2 heterocycles. The minimum absolute atomic E-state index is 0.406. The van der Waals surface area contributed by atoms with Gasteiger partial charge in [-0.25, -0.2) is 0 Å². The molecule has 1 aromatic heterocycles. The van der Waals surface area contributed by atoms with Gasteiger partial charge in [-0.15, -0.1) is 0 Å². The lowest BCUT2D eigenvalue weighted by atomic mass is 9.84. The van der Waals surface area contributed by atoms with E-state index in [1.807, 2.05) is 6.07 Å². The molecule has 3 nitrogen and oxygen atoms in total. The van der Waals surface area contributed by atoms with Crippen LogP contribution in [0.15, 0.2) is 65.9 Å². The second kappa shape index (κ2) is 11.0. The van der Waals surface area contributed by atoms with Crippen LogP contribution in [0.25, 0.3) is 0 Å². The molecule has 0 saturated heterocycles. The van der Waals surface area contributed by atoms with Gasteiger partial charge in [0.25, 0.3) is 0 Å². The van der Waals surface area contributed by atoms with E-state index < -0.39 is 0 Å². The van der Waals surface area contributed by atoms with Crippen molar-refractivity contribution in [2.24, 2.45) is 4.99 Å². The van der Waals surface area contributed by atoms with Crippen LogP contribution in [0.5, 0.6) is 5.75 Å². The summed E-state index contributed by atoms with van der Waals surface area (Å²) >= 11 is 12.8. The first-order valence-electron chi connectivity index (χ1n) is 11.2. The highest BCUT2D eigenvalue weighted by atomic mass is 35.5. The normalized spacial score (nSPS) is 15.2. The van der Waals surface area contributed by atoms with E-state index in [0.29, 0.717) is 22.4 Å². The van der Waals surface area contributed by atoms with Crippen molar-refractivity contribution in [2.45, 2.75) is 44.4 Å². The van der Waals surface area contributed by atoms with Crippen molar-refractivity contribution < 1.29 is 4.74 Å². The fourth-order valence-electron chi connectivity index (χ4n) is 4.47. The van der Waals surface area contributed by atoms with E-state index >= 15 is 0 Å². The maximum Gasteiger partial charge on any atom is 0.128 e. The number of hydrogen-bond acceptors (Lipinski definition) is 3. The topological polar surface area (TPSA) is 34.5 Å². The third-order valence-electron chi connectivity index (χ3n) is 6.17. The molecule has 5 heteroatoms. The van der Waals surface area contributed by atoms with Gasteiger partial charge in [-0.1, -0.05) is 78.5 Å². The standard InChI is InChI=1S/C27H28Cl2N2O/c1-32-26-14-8-13-21-20(12-7-3-6-11-19-9-4-2-5-10-19)16-31-25(27(21)26)15-22-23(28)17-30-18-24(22)29/h2,4-5,8-10,13-14,17-18,20H,3,6-7,11-12,15-16H2,1H3. The quantitative estimate of drug-likeness (QED) is 0.309. The van der Waals surface area contributed by atoms with Crippen molar-refractivity contribution >= 4 is 28.9 Å². The van der Waals surface area contributed by atoms with Gasteiger partial charge < -0.3 is 4.74 Å². The van der Waals surface area contributed by atoms with Crippen LogP contribution in [0.1, 0.15) is 53.9 Å². The minimum atomic E-state index is 0.406. The summed E-state index contributed by atoms with van der Waals surface area (Å²) in [5.41, 5.74) is 5.67. The Bertz CT molecular complexity index is 1060. The molecule has 1 aliphatic heterocycles. The molecule has 0 aliphatic carbocycles. The first kappa shape index (κ1) is 22.8. The molecule has 2 aromatic carbocycles. The molecule has 1 unspecified atom stereocenters. The summed E-state index contributed by atoms with van der Waals surface area (Å²) in [7, 11) is 1.72. The number of halogens is 2. The molecule has 0 fully saturated rings. The van der Waals surface area contributed by atoms with Gasteiger partial charge in [-0.3, -0.25) is 9.98 Å². The lowest BCUT2D eigenvalue weighted by molar-refractivity contribution is 0.411. The van der Waals surface area contributed by atoms with E-state index in [9.17, 15) is 0 Å². The second-order valence-corrected chi connectivity index (χ2v) is 9.07. The SMILES string of the molecule is COc1cccc2c1C(Cc1c(Cl)cncc1Cl)=NCC2CCCCCc1ccccc1. The fourth-order valence-corrected chi connectivity index (χ4v) is 4.97. The average molecular weight is 467 g/mol. The smallest absolute Gasteiger partial charge is 0.128 e. The molecule has 32 heavy (non-hydrogen) atoms. The van der Waals surface area contributed by atoms with E-state index in [1.54, 1.807) is 19.5 Å². The van der Waals surface area contributed by atoms with Crippen LogP contribution in [0, 0.1) is 0 Å². The summed E-state index contributed by atoms with van der Waals surface area (Å²) in [5.74, 6) is 1.26. The van der Waals surface area contributed by atoms with E-state index in [2.05, 4.69) is 47.4 Å². The lowest BCUT2D eigenvalue weighted by Gasteiger charge is -2.27. The summed E-state index contributed by atoms with van der Waals surface area (Å²) in [4.78, 5) is 9.05. The first-order chi connectivity index (χ1) is 15.7. The van der Waals surface area contributed by atoms with Crippen LogP contribution in [-0.2, 0) is 12.8 Å². The lowest BCUT2D eigenvalue weighted by Crippen LogP contribution is -2.21. The maximum absolute atomic E-state index is 6.39. The van der Waals surface area contributed by atoms with Gasteiger partial charge in [-0.05, 0) is 42.0 Å². The van der Waals surface area contributed by atoms with Gasteiger partial charge in [0, 0.05) is 36.8 Å². The number of ether oxygens (including phenoxy) is 1. The zero-order chi connectivity index (χ0) is 22.3. The molecule has 0 amide bonds. The van der Waals surface area contributed by atoms with Crippen LogP contribution < -0.4 is 4.74 Å². The molecule has 4 rings (SSSR count).